The van der Waals surface area contributed by atoms with Crippen molar-refractivity contribution in [3.63, 3.8) is 0 Å². The third-order valence-electron chi connectivity index (χ3n) is 4.63. The van der Waals surface area contributed by atoms with Gasteiger partial charge in [0.1, 0.15) is 5.82 Å². The van der Waals surface area contributed by atoms with Gasteiger partial charge in [-0.15, -0.1) is 0 Å². The van der Waals surface area contributed by atoms with Gasteiger partial charge in [-0.25, -0.2) is 4.98 Å². The van der Waals surface area contributed by atoms with E-state index in [2.05, 4.69) is 44.8 Å². The Morgan fingerprint density at radius 3 is 2.41 bits per heavy atom. The summed E-state index contributed by atoms with van der Waals surface area (Å²) >= 11 is 0. The summed E-state index contributed by atoms with van der Waals surface area (Å²) in [7, 11) is 0. The van der Waals surface area contributed by atoms with E-state index >= 15 is 0 Å². The van der Waals surface area contributed by atoms with E-state index < -0.39 is 0 Å². The fraction of sp³-hybridized carbons (Fsp3) is 0.238. The summed E-state index contributed by atoms with van der Waals surface area (Å²) in [6, 6.07) is 15.4. The largest absolute Gasteiger partial charge is 0.459 e. The number of nitrogens with one attached hydrogen (secondary N) is 2. The summed E-state index contributed by atoms with van der Waals surface area (Å²) in [5.41, 5.74) is 3.14. The number of carbonyl (C=O) groups excluding carboxylic acids is 1. The number of aromatic nitrogens is 1. The van der Waals surface area contributed by atoms with Gasteiger partial charge < -0.3 is 20.0 Å². The van der Waals surface area contributed by atoms with Crippen LogP contribution in [-0.2, 0) is 0 Å². The Hall–Kier alpha value is -3.28. The Morgan fingerprint density at radius 2 is 1.74 bits per heavy atom. The molecule has 2 N–H and O–H groups in total. The number of rotatable bonds is 5. The van der Waals surface area contributed by atoms with Crippen LogP contribution in [-0.4, -0.2) is 24.0 Å². The normalized spacial score (nSPS) is 14.0. The second-order valence-electron chi connectivity index (χ2n) is 6.58. The standard InChI is InChI=1S/C21H22N4O2/c26-21(19-5-4-14-27-19)24-20-11-8-17(15-22-20)23-16-6-9-18(10-7-16)25-12-2-1-3-13-25/h4-11,14-15,23H,1-3,12-13H2,(H,22,24,26). The molecule has 1 aromatic carbocycles. The Bertz CT molecular complexity index is 868. The molecule has 4 rings (SSSR count). The van der Waals surface area contributed by atoms with E-state index in [1.807, 2.05) is 6.07 Å². The first-order chi connectivity index (χ1) is 13.3. The molecule has 0 saturated carbocycles. The molecule has 138 valence electrons. The predicted octanol–water partition coefficient (Wildman–Crippen LogP) is 4.66. The zero-order chi connectivity index (χ0) is 18.5. The van der Waals surface area contributed by atoms with Gasteiger partial charge in [-0.1, -0.05) is 0 Å². The number of benzene rings is 1. The number of pyridine rings is 1. The number of amides is 1. The second kappa shape index (κ2) is 7.95. The molecule has 0 bridgehead atoms. The van der Waals surface area contributed by atoms with Gasteiger partial charge in [0.15, 0.2) is 5.76 Å². The molecule has 3 heterocycles. The Balaban J connectivity index is 1.36. The molecule has 3 aromatic rings. The van der Waals surface area contributed by atoms with Gasteiger partial charge in [-0.05, 0) is 67.8 Å². The van der Waals surface area contributed by atoms with Gasteiger partial charge in [0, 0.05) is 24.5 Å². The fourth-order valence-electron chi connectivity index (χ4n) is 3.20. The zero-order valence-electron chi connectivity index (χ0n) is 15.0. The highest BCUT2D eigenvalue weighted by Gasteiger charge is 2.11. The summed E-state index contributed by atoms with van der Waals surface area (Å²) in [6.45, 7) is 2.28. The average Bonchev–Trinajstić information content (AvgIpc) is 3.26. The lowest BCUT2D eigenvalue weighted by Crippen LogP contribution is -2.29. The number of hydrogen-bond acceptors (Lipinski definition) is 5. The van der Waals surface area contributed by atoms with Crippen LogP contribution in [0.3, 0.4) is 0 Å². The SMILES string of the molecule is O=C(Nc1ccc(Nc2ccc(N3CCCCC3)cc2)cn1)c1ccco1. The van der Waals surface area contributed by atoms with E-state index in [0.717, 1.165) is 24.5 Å². The van der Waals surface area contributed by atoms with Crippen LogP contribution in [0.25, 0.3) is 0 Å². The van der Waals surface area contributed by atoms with E-state index in [1.165, 1.54) is 31.2 Å². The van der Waals surface area contributed by atoms with E-state index in [1.54, 1.807) is 24.4 Å². The molecule has 1 amide bonds. The summed E-state index contributed by atoms with van der Waals surface area (Å²) in [5.74, 6) is 0.414. The van der Waals surface area contributed by atoms with E-state index in [4.69, 9.17) is 4.42 Å². The molecule has 0 atom stereocenters. The smallest absolute Gasteiger partial charge is 0.292 e. The molecule has 6 nitrogen and oxygen atoms in total. The lowest BCUT2D eigenvalue weighted by atomic mass is 10.1. The molecule has 1 aliphatic rings. The van der Waals surface area contributed by atoms with Gasteiger partial charge in [0.2, 0.25) is 0 Å². The molecule has 1 fully saturated rings. The molecule has 0 aliphatic carbocycles. The van der Waals surface area contributed by atoms with Crippen LogP contribution in [0.15, 0.2) is 65.4 Å². The van der Waals surface area contributed by atoms with Crippen molar-refractivity contribution in [2.24, 2.45) is 0 Å². The van der Waals surface area contributed by atoms with Crippen molar-refractivity contribution >= 4 is 28.8 Å². The van der Waals surface area contributed by atoms with Crippen molar-refractivity contribution in [1.29, 1.82) is 0 Å². The number of anilines is 4. The van der Waals surface area contributed by atoms with Crippen molar-refractivity contribution in [2.45, 2.75) is 19.3 Å². The Morgan fingerprint density at radius 1 is 0.963 bits per heavy atom. The molecule has 1 saturated heterocycles. The van der Waals surface area contributed by atoms with E-state index in [-0.39, 0.29) is 11.7 Å². The molecule has 2 aromatic heterocycles. The molecular weight excluding hydrogens is 340 g/mol. The van der Waals surface area contributed by atoms with Crippen molar-refractivity contribution in [1.82, 2.24) is 4.98 Å². The highest BCUT2D eigenvalue weighted by molar-refractivity contribution is 6.01. The maximum Gasteiger partial charge on any atom is 0.292 e. The number of piperidine rings is 1. The maximum atomic E-state index is 11.9. The lowest BCUT2D eigenvalue weighted by molar-refractivity contribution is 0.0996. The van der Waals surface area contributed by atoms with Crippen LogP contribution in [0.2, 0.25) is 0 Å². The first kappa shape index (κ1) is 17.1. The Kier molecular flexibility index (Phi) is 5.05. The van der Waals surface area contributed by atoms with Gasteiger partial charge in [-0.3, -0.25) is 4.79 Å². The third-order valence-corrected chi connectivity index (χ3v) is 4.63. The van der Waals surface area contributed by atoms with Crippen LogP contribution < -0.4 is 15.5 Å². The first-order valence-corrected chi connectivity index (χ1v) is 9.21. The average molecular weight is 362 g/mol. The molecule has 27 heavy (non-hydrogen) atoms. The topological polar surface area (TPSA) is 70.4 Å². The predicted molar refractivity (Wildman–Crippen MR) is 107 cm³/mol. The van der Waals surface area contributed by atoms with Gasteiger partial charge in [0.05, 0.1) is 18.1 Å². The van der Waals surface area contributed by atoms with Crippen molar-refractivity contribution in [3.8, 4) is 0 Å². The zero-order valence-corrected chi connectivity index (χ0v) is 15.0. The summed E-state index contributed by atoms with van der Waals surface area (Å²) in [5, 5.41) is 6.03. The van der Waals surface area contributed by atoms with Crippen molar-refractivity contribution < 1.29 is 9.21 Å². The van der Waals surface area contributed by atoms with E-state index in [9.17, 15) is 4.79 Å². The molecule has 6 heteroatoms. The number of carbonyl (C=O) groups is 1. The van der Waals surface area contributed by atoms with Crippen LogP contribution in [0, 0.1) is 0 Å². The monoisotopic (exact) mass is 362 g/mol. The molecular formula is C21H22N4O2. The van der Waals surface area contributed by atoms with Crippen molar-refractivity contribution in [2.75, 3.05) is 28.6 Å². The van der Waals surface area contributed by atoms with Crippen molar-refractivity contribution in [3.05, 3.63) is 66.8 Å². The number of furan rings is 1. The summed E-state index contributed by atoms with van der Waals surface area (Å²) in [6.07, 6.45) is 7.03. The number of hydrogen-bond donors (Lipinski definition) is 2. The Labute approximate surface area is 158 Å². The minimum atomic E-state index is -0.318. The van der Waals surface area contributed by atoms with Gasteiger partial charge in [0.25, 0.3) is 5.91 Å². The second-order valence-corrected chi connectivity index (χ2v) is 6.58. The van der Waals surface area contributed by atoms with Gasteiger partial charge in [-0.2, -0.15) is 0 Å². The summed E-state index contributed by atoms with van der Waals surface area (Å²) < 4.78 is 5.07. The number of nitrogens with zero attached hydrogens (tertiary/aromatic N) is 2. The minimum absolute atomic E-state index is 0.257. The highest BCUT2D eigenvalue weighted by Crippen LogP contribution is 2.24. The van der Waals surface area contributed by atoms with Crippen LogP contribution in [0.4, 0.5) is 22.9 Å². The van der Waals surface area contributed by atoms with Crippen LogP contribution in [0.5, 0.6) is 0 Å². The minimum Gasteiger partial charge on any atom is -0.459 e. The van der Waals surface area contributed by atoms with Gasteiger partial charge >= 0.3 is 0 Å². The third kappa shape index (κ3) is 4.28. The molecule has 0 radical (unpaired) electrons. The first-order valence-electron chi connectivity index (χ1n) is 9.21. The fourth-order valence-corrected chi connectivity index (χ4v) is 3.20. The van der Waals surface area contributed by atoms with Crippen LogP contribution in [0.1, 0.15) is 29.8 Å². The highest BCUT2D eigenvalue weighted by atomic mass is 16.3. The maximum absolute atomic E-state index is 11.9. The lowest BCUT2D eigenvalue weighted by Gasteiger charge is -2.28. The quantitative estimate of drug-likeness (QED) is 0.691. The molecule has 1 aliphatic heterocycles. The van der Waals surface area contributed by atoms with Crippen LogP contribution >= 0.6 is 0 Å². The molecule has 0 unspecified atom stereocenters. The van der Waals surface area contributed by atoms with E-state index in [0.29, 0.717) is 5.82 Å². The molecule has 0 spiro atoms. The summed E-state index contributed by atoms with van der Waals surface area (Å²) in [4.78, 5) is 18.7.